The molecule has 2 amide bonds. The van der Waals surface area contributed by atoms with Gasteiger partial charge < -0.3 is 19.6 Å². The fourth-order valence-electron chi connectivity index (χ4n) is 7.22. The predicted octanol–water partition coefficient (Wildman–Crippen LogP) is 4.19. The molecule has 0 radical (unpaired) electrons. The highest BCUT2D eigenvalue weighted by molar-refractivity contribution is 8.02. The quantitative estimate of drug-likeness (QED) is 0.435. The smallest absolute Gasteiger partial charge is 0.311 e. The van der Waals surface area contributed by atoms with Gasteiger partial charge in [0.2, 0.25) is 5.91 Å². The van der Waals surface area contributed by atoms with E-state index in [1.807, 2.05) is 65.0 Å². The molecule has 39 heavy (non-hydrogen) atoms. The number of para-hydroxylation sites is 1. The highest BCUT2D eigenvalue weighted by Crippen LogP contribution is 2.65. The minimum atomic E-state index is -0.966. The minimum absolute atomic E-state index is 0.171. The molecule has 5 rings (SSSR count). The van der Waals surface area contributed by atoms with Crippen molar-refractivity contribution in [3.05, 3.63) is 53.6 Å². The number of carbonyl (C=O) groups excluding carboxylic acids is 3. The summed E-state index contributed by atoms with van der Waals surface area (Å²) < 4.78 is 4.03. The number of carbonyl (C=O) groups is 3. The molecule has 0 aromatic heterocycles. The van der Waals surface area contributed by atoms with Crippen LogP contribution in [-0.2, 0) is 19.1 Å². The third-order valence-corrected chi connectivity index (χ3v) is 10.5. The molecule has 4 aliphatic rings. The van der Waals surface area contributed by atoms with Gasteiger partial charge in [0, 0.05) is 17.0 Å². The third-order valence-electron chi connectivity index (χ3n) is 8.75. The van der Waals surface area contributed by atoms with Gasteiger partial charge in [0.15, 0.2) is 0 Å². The van der Waals surface area contributed by atoms with Gasteiger partial charge in [0.25, 0.3) is 5.91 Å². The number of fused-ring (bicyclic) bond motifs is 2. The molecule has 1 unspecified atom stereocenters. The number of anilines is 1. The number of amides is 2. The van der Waals surface area contributed by atoms with Crippen LogP contribution in [0.5, 0.6) is 0 Å². The van der Waals surface area contributed by atoms with Crippen LogP contribution in [0.2, 0.25) is 0 Å². The molecular weight excluding hydrogens is 512 g/mol. The fraction of sp³-hybridized carbons (Fsp3) is 0.581. The Morgan fingerprint density at radius 2 is 1.79 bits per heavy atom. The number of benzene rings is 1. The summed E-state index contributed by atoms with van der Waals surface area (Å²) in [6.07, 6.45) is 10.2. The van der Waals surface area contributed by atoms with Crippen LogP contribution in [0, 0.1) is 31.6 Å². The number of hydrogen-bond donors (Lipinski definition) is 1. The first-order chi connectivity index (χ1) is 18.6. The van der Waals surface area contributed by atoms with E-state index in [1.165, 1.54) is 0 Å². The summed E-state index contributed by atoms with van der Waals surface area (Å²) in [5, 5.41) is 10.5. The molecule has 6 atom stereocenters. The molecule has 1 aromatic rings. The van der Waals surface area contributed by atoms with E-state index in [9.17, 15) is 19.5 Å². The van der Waals surface area contributed by atoms with Crippen molar-refractivity contribution in [2.24, 2.45) is 17.8 Å². The van der Waals surface area contributed by atoms with Gasteiger partial charge in [-0.15, -0.1) is 11.8 Å². The molecule has 0 bridgehead atoms. The number of aryl methyl sites for hydroxylation is 2. The highest BCUT2D eigenvalue weighted by Gasteiger charge is 2.74. The number of allylic oxidation sites excluding steroid dienone is 1. The third kappa shape index (κ3) is 4.44. The van der Waals surface area contributed by atoms with Gasteiger partial charge in [-0.2, -0.15) is 0 Å². The van der Waals surface area contributed by atoms with E-state index in [4.69, 9.17) is 4.74 Å². The van der Waals surface area contributed by atoms with Gasteiger partial charge in [-0.05, 0) is 57.1 Å². The maximum atomic E-state index is 14.8. The summed E-state index contributed by atoms with van der Waals surface area (Å²) in [6.45, 7) is 10.5. The van der Waals surface area contributed by atoms with Crippen LogP contribution in [0.25, 0.3) is 0 Å². The predicted molar refractivity (Wildman–Crippen MR) is 153 cm³/mol. The van der Waals surface area contributed by atoms with Crippen molar-refractivity contribution < 1.29 is 24.2 Å². The topological polar surface area (TPSA) is 87.2 Å². The van der Waals surface area contributed by atoms with Crippen molar-refractivity contribution in [3.8, 4) is 0 Å². The Morgan fingerprint density at radius 1 is 1.08 bits per heavy atom. The molecule has 0 saturated carbocycles. The van der Waals surface area contributed by atoms with Crippen LogP contribution in [0.4, 0.5) is 5.69 Å². The lowest BCUT2D eigenvalue weighted by atomic mass is 9.74. The molecule has 1 aromatic carbocycles. The number of aliphatic hydroxyl groups excluding tert-OH is 1. The van der Waals surface area contributed by atoms with Crippen molar-refractivity contribution in [1.29, 1.82) is 0 Å². The maximum Gasteiger partial charge on any atom is 0.311 e. The zero-order chi connectivity index (χ0) is 28.1. The first-order valence-electron chi connectivity index (χ1n) is 14.1. The van der Waals surface area contributed by atoms with E-state index in [0.717, 1.165) is 29.7 Å². The summed E-state index contributed by atoms with van der Waals surface area (Å²) in [6, 6.07) is 4.57. The molecule has 7 nitrogen and oxygen atoms in total. The zero-order valence-corrected chi connectivity index (χ0v) is 24.4. The molecule has 4 heterocycles. The maximum absolute atomic E-state index is 14.8. The second-order valence-corrected chi connectivity index (χ2v) is 13.8. The van der Waals surface area contributed by atoms with Gasteiger partial charge in [-0.25, -0.2) is 0 Å². The van der Waals surface area contributed by atoms with Crippen LogP contribution in [0.15, 0.2) is 42.5 Å². The van der Waals surface area contributed by atoms with E-state index in [0.29, 0.717) is 19.6 Å². The SMILES string of the molecule is Cc1cccc(C)c1N1CC=C[C@]23S[C@@]4(C)/C=C\CCCOC(=O)[C@H]4[C@H]2C(=O)N([C@@H](CO)CC(C)C)C3C1=O. The fourth-order valence-corrected chi connectivity index (χ4v) is 9.36. The first-order valence-corrected chi connectivity index (χ1v) is 14.9. The average Bonchev–Trinajstić information content (AvgIpc) is 3.23. The minimum Gasteiger partial charge on any atom is -0.465 e. The number of ether oxygens (including phenoxy) is 1. The Labute approximate surface area is 235 Å². The Kier molecular flexibility index (Phi) is 7.48. The van der Waals surface area contributed by atoms with Crippen molar-refractivity contribution in [3.63, 3.8) is 0 Å². The average molecular weight is 553 g/mol. The highest BCUT2D eigenvalue weighted by atomic mass is 32.2. The number of cyclic esters (lactones) is 1. The van der Waals surface area contributed by atoms with Crippen molar-refractivity contribution in [1.82, 2.24) is 4.90 Å². The van der Waals surface area contributed by atoms with E-state index >= 15 is 0 Å². The summed E-state index contributed by atoms with van der Waals surface area (Å²) >= 11 is 1.55. The molecule has 0 aliphatic carbocycles. The largest absolute Gasteiger partial charge is 0.465 e. The van der Waals surface area contributed by atoms with E-state index in [-0.39, 0.29) is 30.3 Å². The lowest BCUT2D eigenvalue weighted by Crippen LogP contribution is -2.57. The van der Waals surface area contributed by atoms with Crippen LogP contribution in [-0.4, -0.2) is 69.1 Å². The Balaban J connectivity index is 1.70. The van der Waals surface area contributed by atoms with Crippen LogP contribution in [0.1, 0.15) is 51.2 Å². The molecule has 210 valence electrons. The first kappa shape index (κ1) is 28.0. The second-order valence-electron chi connectivity index (χ2n) is 12.0. The van der Waals surface area contributed by atoms with Gasteiger partial charge in [-0.3, -0.25) is 14.4 Å². The molecule has 1 spiro atoms. The molecule has 1 N–H and O–H groups in total. The monoisotopic (exact) mass is 552 g/mol. The lowest BCUT2D eigenvalue weighted by molar-refractivity contribution is -0.154. The number of nitrogens with zero attached hydrogens (tertiary/aromatic N) is 2. The molecule has 4 aliphatic heterocycles. The second kappa shape index (κ2) is 10.4. The van der Waals surface area contributed by atoms with E-state index < -0.39 is 33.4 Å². The summed E-state index contributed by atoms with van der Waals surface area (Å²) in [7, 11) is 0. The molecule has 2 saturated heterocycles. The van der Waals surface area contributed by atoms with Gasteiger partial charge in [0.1, 0.15) is 6.04 Å². The lowest BCUT2D eigenvalue weighted by Gasteiger charge is -2.40. The van der Waals surface area contributed by atoms with Crippen LogP contribution in [0.3, 0.4) is 0 Å². The van der Waals surface area contributed by atoms with Gasteiger partial charge in [0.05, 0.1) is 35.8 Å². The molecular formula is C31H40N2O5S. The van der Waals surface area contributed by atoms with Gasteiger partial charge in [-0.1, -0.05) is 56.4 Å². The van der Waals surface area contributed by atoms with Gasteiger partial charge >= 0.3 is 5.97 Å². The number of rotatable bonds is 5. The van der Waals surface area contributed by atoms with E-state index in [1.54, 1.807) is 21.6 Å². The van der Waals surface area contributed by atoms with E-state index in [2.05, 4.69) is 12.2 Å². The number of thioether (sulfide) groups is 1. The summed E-state index contributed by atoms with van der Waals surface area (Å²) in [5.74, 6) is -2.10. The molecule has 2 fully saturated rings. The van der Waals surface area contributed by atoms with Crippen molar-refractivity contribution in [2.75, 3.05) is 24.7 Å². The number of esters is 1. The zero-order valence-electron chi connectivity index (χ0n) is 23.6. The standard InChI is InChI=1S/C31H40N2O5S/c1-19(2)17-22(18-34)33-26-28(36)32(25-20(3)11-9-12-21(25)4)15-10-14-31(26)23(27(33)35)24-29(37)38-16-8-6-7-13-30(24,5)39-31/h7,9-14,19,22-24,26,34H,6,8,15-18H2,1-5H3/b13-7-/t22-,23+,24-,26?,30+,31+/m1/s1. The van der Waals surface area contributed by atoms with Crippen LogP contribution < -0.4 is 4.90 Å². The van der Waals surface area contributed by atoms with Crippen molar-refractivity contribution >= 4 is 35.2 Å². The Hall–Kier alpha value is -2.58. The number of aliphatic hydroxyl groups is 1. The number of hydrogen-bond acceptors (Lipinski definition) is 6. The normalized spacial score (nSPS) is 34.0. The number of likely N-dealkylation sites (tertiary alicyclic amines) is 1. The summed E-state index contributed by atoms with van der Waals surface area (Å²) in [4.78, 5) is 46.4. The van der Waals surface area contributed by atoms with Crippen molar-refractivity contribution in [2.45, 2.75) is 75.5 Å². The Bertz CT molecular complexity index is 1210. The van der Waals surface area contributed by atoms with Crippen LogP contribution >= 0.6 is 11.8 Å². The molecule has 8 heteroatoms. The Morgan fingerprint density at radius 3 is 2.46 bits per heavy atom. The summed E-state index contributed by atoms with van der Waals surface area (Å²) in [5.41, 5.74) is 2.81.